The Kier molecular flexibility index (Phi) is 26.5. The lowest BCUT2D eigenvalue weighted by molar-refractivity contribution is 1.44. The van der Waals surface area contributed by atoms with Crippen molar-refractivity contribution in [2.75, 3.05) is 104 Å². The maximum absolute atomic E-state index is 2.15. The Morgan fingerprint density at radius 1 is 0.148 bits per heavy atom. The number of thioether (sulfide) groups is 9. The first-order chi connectivity index (χ1) is 13.5. The van der Waals surface area contributed by atoms with E-state index in [1.165, 1.54) is 104 Å². The molecule has 1 saturated heterocycles. The van der Waals surface area contributed by atoms with Gasteiger partial charge < -0.3 is 0 Å². The molecule has 0 aromatic rings. The largest absolute Gasteiger partial charge is 0.160 e. The molecule has 0 radical (unpaired) electrons. The van der Waals surface area contributed by atoms with Crippen LogP contribution in [-0.2, 0) is 0 Å². The first-order valence-corrected chi connectivity index (χ1v) is 20.1. The van der Waals surface area contributed by atoms with E-state index in [4.69, 9.17) is 0 Å². The average molecular weight is 541 g/mol. The summed E-state index contributed by atoms with van der Waals surface area (Å²) in [6.45, 7) is 0. The van der Waals surface area contributed by atoms with Crippen LogP contribution in [0, 0.1) is 0 Å². The summed E-state index contributed by atoms with van der Waals surface area (Å²) < 4.78 is 0. The molecule has 0 aromatic carbocycles. The summed E-state index contributed by atoms with van der Waals surface area (Å²) in [4.78, 5) is 0. The fourth-order valence-electron chi connectivity index (χ4n) is 1.98. The zero-order chi connectivity index (χ0) is 19.1. The van der Waals surface area contributed by atoms with E-state index in [1.807, 2.05) is 0 Å². The van der Waals surface area contributed by atoms with Gasteiger partial charge in [0.1, 0.15) is 0 Å². The highest BCUT2D eigenvalue weighted by molar-refractivity contribution is 8.07. The van der Waals surface area contributed by atoms with Gasteiger partial charge in [-0.25, -0.2) is 0 Å². The lowest BCUT2D eigenvalue weighted by Crippen LogP contribution is -1.95. The molecule has 1 heterocycles. The van der Waals surface area contributed by atoms with E-state index in [0.29, 0.717) is 0 Å². The van der Waals surface area contributed by atoms with Crippen molar-refractivity contribution in [3.8, 4) is 0 Å². The normalized spacial score (nSPS) is 24.0. The predicted molar refractivity (Wildman–Crippen MR) is 156 cm³/mol. The minimum atomic E-state index is 1.34. The maximum Gasteiger partial charge on any atom is 0.00238 e. The monoisotopic (exact) mass is 540 g/mol. The topological polar surface area (TPSA) is 0 Å². The van der Waals surface area contributed by atoms with Crippen molar-refractivity contribution in [3.63, 3.8) is 0 Å². The molecule has 0 saturated carbocycles. The second kappa shape index (κ2) is 25.4. The Morgan fingerprint density at radius 2 is 0.222 bits per heavy atom. The number of rotatable bonds is 0. The molecule has 0 N–H and O–H groups in total. The minimum Gasteiger partial charge on any atom is -0.160 e. The van der Waals surface area contributed by atoms with E-state index in [0.717, 1.165) is 0 Å². The number of hydrogen-bond acceptors (Lipinski definition) is 9. The highest BCUT2D eigenvalue weighted by atomic mass is 32.2. The molecule has 0 atom stereocenters. The summed E-state index contributed by atoms with van der Waals surface area (Å²) in [6.07, 6.45) is 0. The molecular weight excluding hydrogens is 505 g/mol. The van der Waals surface area contributed by atoms with E-state index in [9.17, 15) is 0 Å². The average Bonchev–Trinajstić information content (AvgIpc) is 2.68. The van der Waals surface area contributed by atoms with E-state index >= 15 is 0 Å². The van der Waals surface area contributed by atoms with Crippen molar-refractivity contribution < 1.29 is 0 Å². The Bertz CT molecular complexity index is 153. The molecular formula is C18H36S9. The maximum atomic E-state index is 2.15. The molecule has 27 heavy (non-hydrogen) atoms. The van der Waals surface area contributed by atoms with Gasteiger partial charge in [0.15, 0.2) is 0 Å². The third-order valence-electron chi connectivity index (χ3n) is 3.35. The first kappa shape index (κ1) is 28.2. The third kappa shape index (κ3) is 23.6. The van der Waals surface area contributed by atoms with Crippen LogP contribution in [0.1, 0.15) is 0 Å². The summed E-state index contributed by atoms with van der Waals surface area (Å²) in [6, 6.07) is 0. The molecule has 162 valence electrons. The highest BCUT2D eigenvalue weighted by Crippen LogP contribution is 2.16. The summed E-state index contributed by atoms with van der Waals surface area (Å²) in [5, 5.41) is 0. The van der Waals surface area contributed by atoms with E-state index < -0.39 is 0 Å². The second-order valence-corrected chi connectivity index (χ2v) is 16.5. The van der Waals surface area contributed by atoms with Gasteiger partial charge in [-0.05, 0) is 0 Å². The zero-order valence-corrected chi connectivity index (χ0v) is 23.8. The van der Waals surface area contributed by atoms with Crippen LogP contribution in [0.5, 0.6) is 0 Å². The quantitative estimate of drug-likeness (QED) is 0.330. The van der Waals surface area contributed by atoms with Crippen molar-refractivity contribution in [3.05, 3.63) is 0 Å². The van der Waals surface area contributed by atoms with Crippen LogP contribution in [-0.4, -0.2) is 104 Å². The van der Waals surface area contributed by atoms with E-state index in [1.54, 1.807) is 0 Å². The van der Waals surface area contributed by atoms with Crippen molar-refractivity contribution >= 4 is 106 Å². The van der Waals surface area contributed by atoms with Gasteiger partial charge in [0.2, 0.25) is 0 Å². The van der Waals surface area contributed by atoms with Crippen LogP contribution in [0.15, 0.2) is 0 Å². The Morgan fingerprint density at radius 3 is 0.296 bits per heavy atom. The molecule has 1 rings (SSSR count). The molecule has 1 fully saturated rings. The fourth-order valence-corrected chi connectivity index (χ4v) is 12.3. The number of hydrogen-bond donors (Lipinski definition) is 0. The van der Waals surface area contributed by atoms with Crippen molar-refractivity contribution in [1.82, 2.24) is 0 Å². The van der Waals surface area contributed by atoms with E-state index in [-0.39, 0.29) is 0 Å². The van der Waals surface area contributed by atoms with Crippen molar-refractivity contribution in [2.45, 2.75) is 0 Å². The summed E-state index contributed by atoms with van der Waals surface area (Å²) in [5.74, 6) is 24.1. The predicted octanol–water partition coefficient (Wildman–Crippen LogP) is 6.60. The molecule has 0 nitrogen and oxygen atoms in total. The molecule has 0 bridgehead atoms. The highest BCUT2D eigenvalue weighted by Gasteiger charge is 1.97. The minimum absolute atomic E-state index is 1.34. The molecule has 0 amide bonds. The Labute approximate surface area is 207 Å². The van der Waals surface area contributed by atoms with Gasteiger partial charge in [-0.3, -0.25) is 0 Å². The SMILES string of the molecule is C1CSCCSCCSCCSCCSCCSCCSCCSCCS1. The van der Waals surface area contributed by atoms with Gasteiger partial charge in [-0.2, -0.15) is 106 Å². The fraction of sp³-hybridized carbons (Fsp3) is 1.00. The van der Waals surface area contributed by atoms with Crippen LogP contribution >= 0.6 is 106 Å². The van der Waals surface area contributed by atoms with Crippen LogP contribution in [0.3, 0.4) is 0 Å². The molecule has 0 aromatic heterocycles. The Hall–Kier alpha value is 3.15. The van der Waals surface area contributed by atoms with Gasteiger partial charge in [-0.1, -0.05) is 0 Å². The standard InChI is InChI=1S/C18H36S9/c1-2-20-5-6-22-9-10-24-13-14-26-17-18-27-16-15-25-12-11-23-8-7-21-4-3-19-1/h1-18H2. The summed E-state index contributed by atoms with van der Waals surface area (Å²) >= 11 is 19.4. The third-order valence-corrected chi connectivity index (χ3v) is 14.5. The van der Waals surface area contributed by atoms with Crippen LogP contribution in [0.2, 0.25) is 0 Å². The van der Waals surface area contributed by atoms with Crippen LogP contribution < -0.4 is 0 Å². The van der Waals surface area contributed by atoms with Crippen LogP contribution in [0.4, 0.5) is 0 Å². The smallest absolute Gasteiger partial charge is 0.00238 e. The summed E-state index contributed by atoms with van der Waals surface area (Å²) in [5.41, 5.74) is 0. The summed E-state index contributed by atoms with van der Waals surface area (Å²) in [7, 11) is 0. The van der Waals surface area contributed by atoms with Gasteiger partial charge in [0.25, 0.3) is 0 Å². The molecule has 9 heteroatoms. The first-order valence-electron chi connectivity index (χ1n) is 9.70. The van der Waals surface area contributed by atoms with E-state index in [2.05, 4.69) is 106 Å². The lowest BCUT2D eigenvalue weighted by Gasteiger charge is -2.04. The molecule has 0 spiro atoms. The van der Waals surface area contributed by atoms with Gasteiger partial charge in [0.05, 0.1) is 0 Å². The van der Waals surface area contributed by atoms with Gasteiger partial charge >= 0.3 is 0 Å². The molecule has 1 aliphatic heterocycles. The molecule has 1 aliphatic rings. The second-order valence-electron chi connectivity index (χ2n) is 5.51. The lowest BCUT2D eigenvalue weighted by atomic mass is 10.9. The van der Waals surface area contributed by atoms with Gasteiger partial charge in [-0.15, -0.1) is 0 Å². The molecule has 0 aliphatic carbocycles. The Balaban J connectivity index is 2.00. The van der Waals surface area contributed by atoms with Gasteiger partial charge in [0, 0.05) is 104 Å². The van der Waals surface area contributed by atoms with Crippen molar-refractivity contribution in [2.24, 2.45) is 0 Å². The van der Waals surface area contributed by atoms with Crippen LogP contribution in [0.25, 0.3) is 0 Å². The zero-order valence-electron chi connectivity index (χ0n) is 16.4. The van der Waals surface area contributed by atoms with Crippen molar-refractivity contribution in [1.29, 1.82) is 0 Å². The molecule has 0 unspecified atom stereocenters.